The van der Waals surface area contributed by atoms with E-state index in [-0.39, 0.29) is 10.0 Å². The van der Waals surface area contributed by atoms with E-state index in [1.807, 2.05) is 0 Å². The van der Waals surface area contributed by atoms with E-state index >= 15 is 0 Å². The molecule has 0 aliphatic heterocycles. The molecule has 1 rings (SSSR count). The lowest BCUT2D eigenvalue weighted by Gasteiger charge is -2.12. The third-order valence-electron chi connectivity index (χ3n) is 1.78. The summed E-state index contributed by atoms with van der Waals surface area (Å²) in [5.74, 6) is 0. The van der Waals surface area contributed by atoms with E-state index in [0.717, 1.165) is 6.07 Å². The first-order valence-electron chi connectivity index (χ1n) is 3.87. The van der Waals surface area contributed by atoms with Gasteiger partial charge in [0.05, 0.1) is 11.7 Å². The van der Waals surface area contributed by atoms with E-state index in [1.54, 1.807) is 0 Å². The van der Waals surface area contributed by atoms with Crippen molar-refractivity contribution < 1.29 is 18.3 Å². The Kier molecular flexibility index (Phi) is 3.21. The lowest BCUT2D eigenvalue weighted by atomic mass is 10.1. The zero-order valence-electron chi connectivity index (χ0n) is 7.27. The summed E-state index contributed by atoms with van der Waals surface area (Å²) in [5, 5.41) is 9.12. The largest absolute Gasteiger partial charge is 0.417 e. The van der Waals surface area contributed by atoms with Crippen molar-refractivity contribution in [1.82, 2.24) is 0 Å². The van der Waals surface area contributed by atoms with Gasteiger partial charge in [0.1, 0.15) is 0 Å². The van der Waals surface area contributed by atoms with Crippen molar-refractivity contribution in [3.8, 4) is 0 Å². The second-order valence-electron chi connectivity index (χ2n) is 2.91. The van der Waals surface area contributed by atoms with Crippen LogP contribution in [0.25, 0.3) is 0 Å². The summed E-state index contributed by atoms with van der Waals surface area (Å²) < 4.78 is 37.1. The van der Waals surface area contributed by atoms with Gasteiger partial charge in [0, 0.05) is 4.47 Å². The van der Waals surface area contributed by atoms with E-state index in [4.69, 9.17) is 5.11 Å². The maximum absolute atomic E-state index is 12.4. The van der Waals surface area contributed by atoms with Crippen LogP contribution in [-0.4, -0.2) is 5.11 Å². The van der Waals surface area contributed by atoms with Gasteiger partial charge in [-0.05, 0) is 24.6 Å². The summed E-state index contributed by atoms with van der Waals surface area (Å²) in [7, 11) is 0. The van der Waals surface area contributed by atoms with Crippen molar-refractivity contribution in [2.45, 2.75) is 19.2 Å². The van der Waals surface area contributed by atoms with Crippen LogP contribution in [0.2, 0.25) is 0 Å². The van der Waals surface area contributed by atoms with E-state index in [0.29, 0.717) is 0 Å². The van der Waals surface area contributed by atoms with Crippen LogP contribution in [0.1, 0.15) is 24.2 Å². The molecule has 1 N–H and O–H groups in total. The highest BCUT2D eigenvalue weighted by Gasteiger charge is 2.33. The van der Waals surface area contributed by atoms with Crippen LogP contribution in [0, 0.1) is 0 Å². The minimum atomic E-state index is -4.40. The van der Waals surface area contributed by atoms with E-state index in [1.165, 1.54) is 19.1 Å². The molecule has 0 radical (unpaired) electrons. The molecule has 0 heterocycles. The summed E-state index contributed by atoms with van der Waals surface area (Å²) in [6.07, 6.45) is -5.30. The SMILES string of the molecule is CC(O)c1ccc(Br)c(C(F)(F)F)c1. The number of hydrogen-bond donors (Lipinski definition) is 1. The predicted molar refractivity (Wildman–Crippen MR) is 49.8 cm³/mol. The van der Waals surface area contributed by atoms with Crippen molar-refractivity contribution in [1.29, 1.82) is 0 Å². The van der Waals surface area contributed by atoms with Gasteiger partial charge in [-0.2, -0.15) is 13.2 Å². The highest BCUT2D eigenvalue weighted by Crippen LogP contribution is 2.36. The molecular formula is C9H8BrF3O. The summed E-state index contributed by atoms with van der Waals surface area (Å²) in [6, 6.07) is 3.67. The first-order chi connectivity index (χ1) is 6.32. The third kappa shape index (κ3) is 2.48. The lowest BCUT2D eigenvalue weighted by molar-refractivity contribution is -0.138. The molecule has 0 bridgehead atoms. The average Bonchev–Trinajstić information content (AvgIpc) is 2.02. The summed E-state index contributed by atoms with van der Waals surface area (Å²) in [4.78, 5) is 0. The Morgan fingerprint density at radius 1 is 1.36 bits per heavy atom. The van der Waals surface area contributed by atoms with Gasteiger partial charge in [-0.25, -0.2) is 0 Å². The molecule has 1 unspecified atom stereocenters. The summed E-state index contributed by atoms with van der Waals surface area (Å²) in [5.41, 5.74) is -0.517. The molecule has 0 saturated heterocycles. The normalized spacial score (nSPS) is 14.1. The molecule has 0 spiro atoms. The minimum absolute atomic E-state index is 0.0191. The van der Waals surface area contributed by atoms with Crippen LogP contribution < -0.4 is 0 Å². The Hall–Kier alpha value is -0.550. The van der Waals surface area contributed by atoms with Crippen molar-refractivity contribution in [3.05, 3.63) is 33.8 Å². The van der Waals surface area contributed by atoms with Crippen LogP contribution >= 0.6 is 15.9 Å². The summed E-state index contributed by atoms with van der Waals surface area (Å²) >= 11 is 2.81. The Morgan fingerprint density at radius 2 is 1.93 bits per heavy atom. The number of hydrogen-bond acceptors (Lipinski definition) is 1. The molecule has 0 saturated carbocycles. The van der Waals surface area contributed by atoms with Crippen LogP contribution in [0.3, 0.4) is 0 Å². The van der Waals surface area contributed by atoms with Gasteiger partial charge < -0.3 is 5.11 Å². The molecule has 14 heavy (non-hydrogen) atoms. The number of halogens is 4. The van der Waals surface area contributed by atoms with Gasteiger partial charge in [0.2, 0.25) is 0 Å². The number of alkyl halides is 3. The first kappa shape index (κ1) is 11.5. The molecular weight excluding hydrogens is 261 g/mol. The maximum Gasteiger partial charge on any atom is 0.417 e. The van der Waals surface area contributed by atoms with Crippen LogP contribution in [0.4, 0.5) is 13.2 Å². The zero-order chi connectivity index (χ0) is 10.9. The third-order valence-corrected chi connectivity index (χ3v) is 2.47. The van der Waals surface area contributed by atoms with Gasteiger partial charge in [0.15, 0.2) is 0 Å². The Bertz CT molecular complexity index is 333. The van der Waals surface area contributed by atoms with Gasteiger partial charge in [0.25, 0.3) is 0 Å². The van der Waals surface area contributed by atoms with Crippen molar-refractivity contribution in [2.75, 3.05) is 0 Å². The second-order valence-corrected chi connectivity index (χ2v) is 3.77. The molecule has 0 fully saturated rings. The highest BCUT2D eigenvalue weighted by molar-refractivity contribution is 9.10. The fourth-order valence-corrected chi connectivity index (χ4v) is 1.49. The average molecular weight is 269 g/mol. The molecule has 5 heteroatoms. The van der Waals surface area contributed by atoms with Crippen molar-refractivity contribution in [3.63, 3.8) is 0 Å². The molecule has 0 aliphatic rings. The van der Waals surface area contributed by atoms with Crippen molar-refractivity contribution in [2.24, 2.45) is 0 Å². The standard InChI is InChI=1S/C9H8BrF3O/c1-5(14)6-2-3-8(10)7(4-6)9(11,12)13/h2-5,14H,1H3. The number of benzene rings is 1. The van der Waals surface area contributed by atoms with Crippen LogP contribution in [0.15, 0.2) is 22.7 Å². The van der Waals surface area contributed by atoms with Gasteiger partial charge in [-0.3, -0.25) is 0 Å². The zero-order valence-corrected chi connectivity index (χ0v) is 8.85. The molecule has 1 aromatic rings. The van der Waals surface area contributed by atoms with Crippen LogP contribution in [-0.2, 0) is 6.18 Å². The highest BCUT2D eigenvalue weighted by atomic mass is 79.9. The molecule has 1 atom stereocenters. The van der Waals surface area contributed by atoms with Crippen molar-refractivity contribution >= 4 is 15.9 Å². The summed E-state index contributed by atoms with van der Waals surface area (Å²) in [6.45, 7) is 1.42. The first-order valence-corrected chi connectivity index (χ1v) is 4.66. The number of aliphatic hydroxyl groups excluding tert-OH is 1. The monoisotopic (exact) mass is 268 g/mol. The van der Waals surface area contributed by atoms with E-state index in [9.17, 15) is 13.2 Å². The van der Waals surface area contributed by atoms with E-state index in [2.05, 4.69) is 15.9 Å². The van der Waals surface area contributed by atoms with Gasteiger partial charge >= 0.3 is 6.18 Å². The predicted octanol–water partition coefficient (Wildman–Crippen LogP) is 3.52. The van der Waals surface area contributed by atoms with E-state index < -0.39 is 17.8 Å². The second kappa shape index (κ2) is 3.90. The van der Waals surface area contributed by atoms with Crippen LogP contribution in [0.5, 0.6) is 0 Å². The quantitative estimate of drug-likeness (QED) is 0.827. The van der Waals surface area contributed by atoms with Gasteiger partial charge in [-0.1, -0.05) is 22.0 Å². The molecule has 78 valence electrons. The molecule has 1 nitrogen and oxygen atoms in total. The fourth-order valence-electron chi connectivity index (χ4n) is 1.02. The Balaban J connectivity index is 3.22. The maximum atomic E-state index is 12.4. The molecule has 0 aromatic heterocycles. The smallest absolute Gasteiger partial charge is 0.389 e. The molecule has 0 aliphatic carbocycles. The Morgan fingerprint density at radius 3 is 2.36 bits per heavy atom. The number of rotatable bonds is 1. The number of aliphatic hydroxyl groups is 1. The fraction of sp³-hybridized carbons (Fsp3) is 0.333. The topological polar surface area (TPSA) is 20.2 Å². The molecule has 0 amide bonds. The Labute approximate surface area is 87.7 Å². The minimum Gasteiger partial charge on any atom is -0.389 e. The molecule has 1 aromatic carbocycles. The lowest BCUT2D eigenvalue weighted by Crippen LogP contribution is -2.07. The van der Waals surface area contributed by atoms with Gasteiger partial charge in [-0.15, -0.1) is 0 Å².